The molecule has 0 saturated carbocycles. The smallest absolute Gasteiger partial charge is 0.377 e. The van der Waals surface area contributed by atoms with E-state index in [0.29, 0.717) is 0 Å². The van der Waals surface area contributed by atoms with Crippen LogP contribution in [0.15, 0.2) is 72.8 Å². The summed E-state index contributed by atoms with van der Waals surface area (Å²) in [4.78, 5) is 0. The number of rotatable bonds is 5. The van der Waals surface area contributed by atoms with Gasteiger partial charge in [-0.05, 0) is 16.3 Å². The highest BCUT2D eigenvalue weighted by Gasteiger charge is 2.39. The van der Waals surface area contributed by atoms with Crippen LogP contribution in [0.4, 0.5) is 0 Å². The van der Waals surface area contributed by atoms with Gasteiger partial charge in [-0.15, -0.1) is 0 Å². The molecular weight excluding hydrogens is 288 g/mol. The van der Waals surface area contributed by atoms with E-state index in [-0.39, 0.29) is 0 Å². The van der Waals surface area contributed by atoms with Crippen molar-refractivity contribution in [2.75, 3.05) is 14.2 Å². The summed E-state index contributed by atoms with van der Waals surface area (Å²) in [6.07, 6.45) is 0. The topological polar surface area (TPSA) is 18.5 Å². The lowest BCUT2D eigenvalue weighted by Crippen LogP contribution is -2.55. The van der Waals surface area contributed by atoms with Crippen molar-refractivity contribution in [1.29, 1.82) is 0 Å². The first-order valence-corrected chi connectivity index (χ1v) is 9.44. The molecule has 0 aliphatic heterocycles. The molecule has 0 saturated heterocycles. The van der Waals surface area contributed by atoms with Gasteiger partial charge < -0.3 is 8.85 Å². The third kappa shape index (κ3) is 2.71. The van der Waals surface area contributed by atoms with Crippen molar-refractivity contribution in [3.05, 3.63) is 78.4 Å². The Balaban J connectivity index is 2.13. The van der Waals surface area contributed by atoms with Crippen LogP contribution in [0.3, 0.4) is 0 Å². The van der Waals surface area contributed by atoms with Crippen LogP contribution in [-0.4, -0.2) is 22.8 Å². The zero-order chi connectivity index (χ0) is 15.4. The van der Waals surface area contributed by atoms with Gasteiger partial charge in [0.05, 0.1) is 0 Å². The van der Waals surface area contributed by atoms with E-state index in [4.69, 9.17) is 8.85 Å². The molecule has 0 N–H and O–H groups in total. The number of hydrogen-bond acceptors (Lipinski definition) is 2. The van der Waals surface area contributed by atoms with E-state index in [1.54, 1.807) is 14.2 Å². The number of hydrogen-bond donors (Lipinski definition) is 0. The van der Waals surface area contributed by atoms with Crippen LogP contribution in [0, 0.1) is 0 Å². The monoisotopic (exact) mass is 308 g/mol. The summed E-state index contributed by atoms with van der Waals surface area (Å²) in [6, 6.07) is 26.0. The fourth-order valence-electron chi connectivity index (χ4n) is 2.96. The zero-order valence-electron chi connectivity index (χ0n) is 13.0. The Morgan fingerprint density at radius 1 is 0.727 bits per heavy atom. The minimum atomic E-state index is -2.52. The van der Waals surface area contributed by atoms with Crippen molar-refractivity contribution >= 4 is 24.5 Å². The Kier molecular flexibility index (Phi) is 4.38. The SMILES string of the molecule is CO[Si](Cc1ccccc1)(OC)c1cccc2ccccc12. The second-order valence-electron chi connectivity index (χ2n) is 5.35. The molecule has 3 aromatic rings. The van der Waals surface area contributed by atoms with Gasteiger partial charge in [0, 0.05) is 25.5 Å². The molecule has 0 fully saturated rings. The average Bonchev–Trinajstić information content (AvgIpc) is 2.60. The Morgan fingerprint density at radius 2 is 1.36 bits per heavy atom. The predicted octanol–water partition coefficient (Wildman–Crippen LogP) is 3.56. The van der Waals surface area contributed by atoms with Gasteiger partial charge in [0.1, 0.15) is 0 Å². The van der Waals surface area contributed by atoms with Gasteiger partial charge in [-0.1, -0.05) is 72.8 Å². The highest BCUT2D eigenvalue weighted by atomic mass is 28.4. The molecule has 0 heterocycles. The third-order valence-corrected chi connectivity index (χ3v) is 7.59. The average molecular weight is 308 g/mol. The zero-order valence-corrected chi connectivity index (χ0v) is 14.0. The Bertz CT molecular complexity index is 746. The molecule has 0 radical (unpaired) electrons. The molecule has 0 atom stereocenters. The second-order valence-corrected chi connectivity index (χ2v) is 8.56. The van der Waals surface area contributed by atoms with E-state index in [0.717, 1.165) is 6.04 Å². The lowest BCUT2D eigenvalue weighted by molar-refractivity contribution is 0.257. The minimum Gasteiger partial charge on any atom is -0.394 e. The lowest BCUT2D eigenvalue weighted by atomic mass is 10.1. The fourth-order valence-corrected chi connectivity index (χ4v) is 5.81. The van der Waals surface area contributed by atoms with E-state index in [9.17, 15) is 0 Å². The second kappa shape index (κ2) is 6.44. The van der Waals surface area contributed by atoms with E-state index < -0.39 is 8.56 Å². The van der Waals surface area contributed by atoms with Gasteiger partial charge in [0.2, 0.25) is 0 Å². The van der Waals surface area contributed by atoms with Crippen molar-refractivity contribution in [1.82, 2.24) is 0 Å². The maximum absolute atomic E-state index is 6.00. The summed E-state index contributed by atoms with van der Waals surface area (Å²) in [5.41, 5.74) is 1.24. The number of benzene rings is 3. The van der Waals surface area contributed by atoms with Gasteiger partial charge >= 0.3 is 8.56 Å². The van der Waals surface area contributed by atoms with Gasteiger partial charge in [-0.2, -0.15) is 0 Å². The van der Waals surface area contributed by atoms with E-state index in [1.807, 2.05) is 6.07 Å². The van der Waals surface area contributed by atoms with Gasteiger partial charge in [0.25, 0.3) is 0 Å². The Labute approximate surface area is 132 Å². The van der Waals surface area contributed by atoms with Crippen molar-refractivity contribution < 1.29 is 8.85 Å². The normalized spacial score (nSPS) is 11.7. The minimum absolute atomic E-state index is 0.800. The summed E-state index contributed by atoms with van der Waals surface area (Å²) in [5.74, 6) is 0. The molecule has 0 spiro atoms. The molecule has 0 aliphatic rings. The first-order valence-electron chi connectivity index (χ1n) is 7.41. The summed E-state index contributed by atoms with van der Waals surface area (Å²) < 4.78 is 12.0. The molecule has 0 aliphatic carbocycles. The largest absolute Gasteiger partial charge is 0.394 e. The summed E-state index contributed by atoms with van der Waals surface area (Å²) >= 11 is 0. The van der Waals surface area contributed by atoms with Gasteiger partial charge in [0.15, 0.2) is 0 Å². The maximum Gasteiger partial charge on any atom is 0.377 e. The standard InChI is InChI=1S/C19H20O2Si/c1-20-22(21-2,15-16-9-4-3-5-10-16)19-14-8-12-17-11-6-7-13-18(17)19/h3-14H,15H2,1-2H3. The molecule has 22 heavy (non-hydrogen) atoms. The van der Waals surface area contributed by atoms with Gasteiger partial charge in [-0.25, -0.2) is 0 Å². The van der Waals surface area contributed by atoms with Crippen LogP contribution in [0.25, 0.3) is 10.8 Å². The highest BCUT2D eigenvalue weighted by molar-refractivity contribution is 6.82. The van der Waals surface area contributed by atoms with E-state index >= 15 is 0 Å². The summed E-state index contributed by atoms with van der Waals surface area (Å²) in [6.45, 7) is 0. The fraction of sp³-hybridized carbons (Fsp3) is 0.158. The molecule has 3 heteroatoms. The molecule has 0 unspecified atom stereocenters. The molecule has 0 aromatic heterocycles. The van der Waals surface area contributed by atoms with Crippen LogP contribution in [-0.2, 0) is 14.9 Å². The first-order chi connectivity index (χ1) is 10.8. The van der Waals surface area contributed by atoms with Gasteiger partial charge in [-0.3, -0.25) is 0 Å². The number of fused-ring (bicyclic) bond motifs is 1. The lowest BCUT2D eigenvalue weighted by Gasteiger charge is -2.29. The molecular formula is C19H20O2Si. The van der Waals surface area contributed by atoms with E-state index in [1.165, 1.54) is 21.5 Å². The van der Waals surface area contributed by atoms with Crippen molar-refractivity contribution in [2.24, 2.45) is 0 Å². The van der Waals surface area contributed by atoms with Crippen LogP contribution >= 0.6 is 0 Å². The first kappa shape index (κ1) is 15.0. The quantitative estimate of drug-likeness (QED) is 0.671. The Hall–Kier alpha value is -1.94. The van der Waals surface area contributed by atoms with Crippen molar-refractivity contribution in [2.45, 2.75) is 6.04 Å². The molecule has 112 valence electrons. The van der Waals surface area contributed by atoms with Crippen molar-refractivity contribution in [3.8, 4) is 0 Å². The van der Waals surface area contributed by atoms with Crippen LogP contribution in [0.1, 0.15) is 5.56 Å². The highest BCUT2D eigenvalue weighted by Crippen LogP contribution is 2.20. The predicted molar refractivity (Wildman–Crippen MR) is 93.5 cm³/mol. The van der Waals surface area contributed by atoms with E-state index in [2.05, 4.69) is 66.7 Å². The molecule has 3 aromatic carbocycles. The summed E-state index contributed by atoms with van der Waals surface area (Å²) in [5, 5.41) is 3.63. The van der Waals surface area contributed by atoms with Crippen molar-refractivity contribution in [3.63, 3.8) is 0 Å². The molecule has 0 amide bonds. The molecule has 3 rings (SSSR count). The third-order valence-electron chi connectivity index (χ3n) is 4.14. The molecule has 0 bridgehead atoms. The van der Waals surface area contributed by atoms with Crippen LogP contribution in [0.5, 0.6) is 0 Å². The van der Waals surface area contributed by atoms with Crippen LogP contribution in [0.2, 0.25) is 0 Å². The molecule has 2 nitrogen and oxygen atoms in total. The maximum atomic E-state index is 6.00. The Morgan fingerprint density at radius 3 is 2.09 bits per heavy atom. The van der Waals surface area contributed by atoms with Crippen LogP contribution < -0.4 is 5.19 Å². The summed E-state index contributed by atoms with van der Waals surface area (Å²) in [7, 11) is 1.00.